The molecule has 1 amide bonds. The van der Waals surface area contributed by atoms with Gasteiger partial charge in [0.05, 0.1) is 10.9 Å². The molecule has 3 N–H and O–H groups in total. The third-order valence-corrected chi connectivity index (χ3v) is 4.99. The van der Waals surface area contributed by atoms with Crippen molar-refractivity contribution in [2.24, 2.45) is 0 Å². The van der Waals surface area contributed by atoms with E-state index in [9.17, 15) is 9.59 Å². The van der Waals surface area contributed by atoms with Gasteiger partial charge >= 0.3 is 0 Å². The highest BCUT2D eigenvalue weighted by molar-refractivity contribution is 6.05. The molecular formula is C23H22N4O2. The van der Waals surface area contributed by atoms with Crippen LogP contribution in [-0.2, 0) is 4.79 Å². The predicted molar refractivity (Wildman–Crippen MR) is 118 cm³/mol. The molecule has 0 saturated carbocycles. The highest BCUT2D eigenvalue weighted by atomic mass is 16.1. The van der Waals surface area contributed by atoms with Crippen LogP contribution >= 0.6 is 0 Å². The zero-order valence-electron chi connectivity index (χ0n) is 16.4. The Morgan fingerprint density at radius 3 is 2.55 bits per heavy atom. The average Bonchev–Trinajstić information content (AvgIpc) is 2.70. The Morgan fingerprint density at radius 2 is 1.76 bits per heavy atom. The highest BCUT2D eigenvalue weighted by Crippen LogP contribution is 2.22. The third-order valence-electron chi connectivity index (χ3n) is 4.99. The number of amides is 1. The van der Waals surface area contributed by atoms with Crippen LogP contribution in [0.2, 0.25) is 0 Å². The summed E-state index contributed by atoms with van der Waals surface area (Å²) in [4.78, 5) is 32.2. The number of carbonyl (C=O) groups excluding carboxylic acids is 1. The minimum absolute atomic E-state index is 0.0935. The number of hydrogen-bond acceptors (Lipinski definition) is 4. The Kier molecular flexibility index (Phi) is 4.99. The molecule has 6 heteroatoms. The van der Waals surface area contributed by atoms with E-state index in [1.807, 2.05) is 68.4 Å². The van der Waals surface area contributed by atoms with E-state index in [2.05, 4.69) is 20.6 Å². The fourth-order valence-electron chi connectivity index (χ4n) is 3.50. The number of para-hydroxylation sites is 1. The predicted octanol–water partition coefficient (Wildman–Crippen LogP) is 4.13. The number of nitrogens with one attached hydrogen (secondary N) is 3. The molecule has 4 aromatic rings. The van der Waals surface area contributed by atoms with E-state index in [0.29, 0.717) is 23.4 Å². The van der Waals surface area contributed by atoms with E-state index < -0.39 is 0 Å². The summed E-state index contributed by atoms with van der Waals surface area (Å²) in [5.74, 6) is 0.265. The van der Waals surface area contributed by atoms with Crippen molar-refractivity contribution in [3.63, 3.8) is 0 Å². The average molecular weight is 386 g/mol. The van der Waals surface area contributed by atoms with Gasteiger partial charge < -0.3 is 10.6 Å². The number of rotatable bonds is 5. The van der Waals surface area contributed by atoms with Crippen LogP contribution in [-0.4, -0.2) is 22.4 Å². The third kappa shape index (κ3) is 3.82. The van der Waals surface area contributed by atoms with E-state index in [1.165, 1.54) is 0 Å². The Bertz CT molecular complexity index is 1260. The van der Waals surface area contributed by atoms with Gasteiger partial charge in [0.1, 0.15) is 0 Å². The molecule has 29 heavy (non-hydrogen) atoms. The highest BCUT2D eigenvalue weighted by Gasteiger charge is 2.10. The number of fused-ring (bicyclic) bond motifs is 3. The molecular weight excluding hydrogens is 364 g/mol. The second kappa shape index (κ2) is 7.75. The van der Waals surface area contributed by atoms with Crippen molar-refractivity contribution in [1.82, 2.24) is 9.97 Å². The summed E-state index contributed by atoms with van der Waals surface area (Å²) in [5.41, 5.74) is 3.32. The first-order chi connectivity index (χ1) is 14.0. The van der Waals surface area contributed by atoms with Crippen LogP contribution in [0.1, 0.15) is 17.5 Å². The van der Waals surface area contributed by atoms with Crippen molar-refractivity contribution < 1.29 is 4.79 Å². The van der Waals surface area contributed by atoms with Gasteiger partial charge in [0.25, 0.3) is 5.56 Å². The molecule has 3 aromatic carbocycles. The maximum atomic E-state index is 12.6. The maximum absolute atomic E-state index is 12.6. The van der Waals surface area contributed by atoms with E-state index in [4.69, 9.17) is 0 Å². The van der Waals surface area contributed by atoms with Crippen molar-refractivity contribution in [3.8, 4) is 0 Å². The van der Waals surface area contributed by atoms with Gasteiger partial charge in [0.2, 0.25) is 11.9 Å². The van der Waals surface area contributed by atoms with E-state index in [0.717, 1.165) is 27.6 Å². The summed E-state index contributed by atoms with van der Waals surface area (Å²) in [7, 11) is 0. The van der Waals surface area contributed by atoms with E-state index in [1.54, 1.807) is 0 Å². The summed E-state index contributed by atoms with van der Waals surface area (Å²) in [6, 6.07) is 17.4. The van der Waals surface area contributed by atoms with Crippen LogP contribution in [0, 0.1) is 13.8 Å². The van der Waals surface area contributed by atoms with Gasteiger partial charge in [-0.2, -0.15) is 0 Å². The molecule has 0 aliphatic rings. The Balaban J connectivity index is 1.47. The molecule has 6 nitrogen and oxygen atoms in total. The Labute approximate surface area is 168 Å². The second-order valence-electron chi connectivity index (χ2n) is 7.09. The van der Waals surface area contributed by atoms with Crippen molar-refractivity contribution in [2.75, 3.05) is 17.2 Å². The molecule has 0 fully saturated rings. The number of nitrogens with zero attached hydrogens (tertiary/aromatic N) is 1. The van der Waals surface area contributed by atoms with E-state index in [-0.39, 0.29) is 17.9 Å². The molecule has 0 atom stereocenters. The molecule has 0 aliphatic heterocycles. The summed E-state index contributed by atoms with van der Waals surface area (Å²) < 4.78 is 0. The first kappa shape index (κ1) is 18.7. The minimum atomic E-state index is -0.200. The molecule has 0 aliphatic carbocycles. The van der Waals surface area contributed by atoms with Crippen molar-refractivity contribution >= 4 is 39.2 Å². The lowest BCUT2D eigenvalue weighted by Crippen LogP contribution is -2.19. The largest absolute Gasteiger partial charge is 0.355 e. The first-order valence-electron chi connectivity index (χ1n) is 9.54. The number of aromatic nitrogens is 2. The topological polar surface area (TPSA) is 86.9 Å². The quantitative estimate of drug-likeness (QED) is 0.450. The van der Waals surface area contributed by atoms with E-state index >= 15 is 0 Å². The van der Waals surface area contributed by atoms with Gasteiger partial charge in [-0.15, -0.1) is 0 Å². The van der Waals surface area contributed by atoms with Crippen LogP contribution in [0.4, 0.5) is 11.6 Å². The SMILES string of the molecule is Cc1cccc(C)c1NC(=O)CCNc1nc2ccc3ccccc3c2c(=O)[nH]1. The molecule has 0 bridgehead atoms. The number of anilines is 2. The van der Waals surface area contributed by atoms with Crippen LogP contribution in [0.3, 0.4) is 0 Å². The van der Waals surface area contributed by atoms with Gasteiger partial charge in [0, 0.05) is 18.7 Å². The smallest absolute Gasteiger partial charge is 0.260 e. The zero-order chi connectivity index (χ0) is 20.4. The molecule has 0 saturated heterocycles. The summed E-state index contributed by atoms with van der Waals surface area (Å²) in [6.45, 7) is 4.29. The fourth-order valence-corrected chi connectivity index (χ4v) is 3.50. The van der Waals surface area contributed by atoms with Crippen LogP contribution < -0.4 is 16.2 Å². The first-order valence-corrected chi connectivity index (χ1v) is 9.54. The van der Waals surface area contributed by atoms with Crippen molar-refractivity contribution in [1.29, 1.82) is 0 Å². The molecule has 4 rings (SSSR count). The molecule has 0 spiro atoms. The fraction of sp³-hybridized carbons (Fsp3) is 0.174. The summed E-state index contributed by atoms with van der Waals surface area (Å²) >= 11 is 0. The standard InChI is InChI=1S/C23H22N4O2/c1-14-6-5-7-15(2)21(14)26-19(28)12-13-24-23-25-18-11-10-16-8-3-4-9-17(16)20(18)22(29)27-23/h3-11H,12-13H2,1-2H3,(H,26,28)(H2,24,25,27,29). The van der Waals surface area contributed by atoms with Gasteiger partial charge in [-0.25, -0.2) is 4.98 Å². The number of H-pyrrole nitrogens is 1. The Hall–Kier alpha value is -3.67. The lowest BCUT2D eigenvalue weighted by atomic mass is 10.1. The molecule has 0 unspecified atom stereocenters. The number of aromatic amines is 1. The van der Waals surface area contributed by atoms with Gasteiger partial charge in [0.15, 0.2) is 0 Å². The lowest BCUT2D eigenvalue weighted by Gasteiger charge is -2.12. The molecule has 1 aromatic heterocycles. The van der Waals surface area contributed by atoms with Gasteiger partial charge in [-0.1, -0.05) is 48.5 Å². The molecule has 146 valence electrons. The summed E-state index contributed by atoms with van der Waals surface area (Å²) in [6.07, 6.45) is 0.257. The van der Waals surface area contributed by atoms with Crippen molar-refractivity contribution in [3.05, 3.63) is 76.1 Å². The maximum Gasteiger partial charge on any atom is 0.260 e. The zero-order valence-corrected chi connectivity index (χ0v) is 16.4. The monoisotopic (exact) mass is 386 g/mol. The van der Waals surface area contributed by atoms with Crippen LogP contribution in [0.15, 0.2) is 59.4 Å². The number of hydrogen-bond donors (Lipinski definition) is 3. The number of aryl methyl sites for hydroxylation is 2. The second-order valence-corrected chi connectivity index (χ2v) is 7.09. The number of carbonyl (C=O) groups is 1. The molecule has 1 heterocycles. The summed E-state index contributed by atoms with van der Waals surface area (Å²) in [5, 5.41) is 8.44. The molecule has 0 radical (unpaired) electrons. The normalized spacial score (nSPS) is 11.0. The lowest BCUT2D eigenvalue weighted by molar-refractivity contribution is -0.115. The van der Waals surface area contributed by atoms with Gasteiger partial charge in [-0.05, 0) is 41.8 Å². The van der Waals surface area contributed by atoms with Gasteiger partial charge in [-0.3, -0.25) is 14.6 Å². The minimum Gasteiger partial charge on any atom is -0.355 e. The van der Waals surface area contributed by atoms with Crippen LogP contribution in [0.25, 0.3) is 21.7 Å². The van der Waals surface area contributed by atoms with Crippen molar-refractivity contribution in [2.45, 2.75) is 20.3 Å². The van der Waals surface area contributed by atoms with Crippen LogP contribution in [0.5, 0.6) is 0 Å². The Morgan fingerprint density at radius 1 is 1.00 bits per heavy atom. The number of benzene rings is 3.